The van der Waals surface area contributed by atoms with Crippen molar-refractivity contribution in [1.29, 1.82) is 0 Å². The summed E-state index contributed by atoms with van der Waals surface area (Å²) in [6.07, 6.45) is 1.03. The van der Waals surface area contributed by atoms with Crippen molar-refractivity contribution in [3.05, 3.63) is 16.1 Å². The second-order valence-electron chi connectivity index (χ2n) is 4.00. The Morgan fingerprint density at radius 2 is 2.39 bits per heavy atom. The average Bonchev–Trinajstić information content (AvgIpc) is 2.87. The van der Waals surface area contributed by atoms with Crippen LogP contribution in [0.2, 0.25) is 0 Å². The maximum Gasteiger partial charge on any atom is 0.355 e. The van der Waals surface area contributed by atoms with E-state index in [-0.39, 0.29) is 16.6 Å². The number of hydrogen-bond donors (Lipinski definition) is 1. The van der Waals surface area contributed by atoms with Gasteiger partial charge >= 0.3 is 5.97 Å². The Morgan fingerprint density at radius 1 is 1.61 bits per heavy atom. The predicted molar refractivity (Wildman–Crippen MR) is 71.5 cm³/mol. The van der Waals surface area contributed by atoms with Crippen LogP contribution in [0.25, 0.3) is 0 Å². The quantitative estimate of drug-likeness (QED) is 0.917. The van der Waals surface area contributed by atoms with Gasteiger partial charge in [0.1, 0.15) is 0 Å². The molecule has 1 aliphatic rings. The van der Waals surface area contributed by atoms with Crippen LogP contribution in [0.5, 0.6) is 0 Å². The highest BCUT2D eigenvalue weighted by Crippen LogP contribution is 2.23. The van der Waals surface area contributed by atoms with E-state index < -0.39 is 5.97 Å². The number of hydrogen-bond acceptors (Lipinski definition) is 5. The van der Waals surface area contributed by atoms with Crippen LogP contribution in [0.15, 0.2) is 5.38 Å². The summed E-state index contributed by atoms with van der Waals surface area (Å²) >= 11 is 2.98. The van der Waals surface area contributed by atoms with E-state index >= 15 is 0 Å². The maximum absolute atomic E-state index is 12.2. The highest BCUT2D eigenvalue weighted by atomic mass is 32.2. The standard InChI is InChI=1S/C11H14N2O3S2/c1-2-7-5-13(3-4-17-7)10(14)9-12-8(6-18-9)11(15)16/h6-7H,2-5H2,1H3,(H,15,16). The molecule has 1 fully saturated rings. The summed E-state index contributed by atoms with van der Waals surface area (Å²) in [7, 11) is 0. The van der Waals surface area contributed by atoms with Gasteiger partial charge in [-0.05, 0) is 6.42 Å². The van der Waals surface area contributed by atoms with E-state index in [1.807, 2.05) is 11.8 Å². The first-order valence-electron chi connectivity index (χ1n) is 5.71. The van der Waals surface area contributed by atoms with E-state index in [2.05, 4.69) is 11.9 Å². The molecule has 98 valence electrons. The number of nitrogens with zero attached hydrogens (tertiary/aromatic N) is 2. The molecule has 2 heterocycles. The maximum atomic E-state index is 12.2. The lowest BCUT2D eigenvalue weighted by Gasteiger charge is -2.31. The summed E-state index contributed by atoms with van der Waals surface area (Å²) in [4.78, 5) is 28.5. The van der Waals surface area contributed by atoms with Gasteiger partial charge in [0.15, 0.2) is 10.7 Å². The Kier molecular flexibility index (Phi) is 4.23. The van der Waals surface area contributed by atoms with E-state index in [9.17, 15) is 9.59 Å². The van der Waals surface area contributed by atoms with Crippen molar-refractivity contribution in [2.24, 2.45) is 0 Å². The van der Waals surface area contributed by atoms with Gasteiger partial charge in [-0.1, -0.05) is 6.92 Å². The lowest BCUT2D eigenvalue weighted by molar-refractivity contribution is 0.0691. The van der Waals surface area contributed by atoms with Crippen LogP contribution in [0.4, 0.5) is 0 Å². The minimum atomic E-state index is -1.09. The molecule has 0 aromatic carbocycles. The predicted octanol–water partition coefficient (Wildman–Crippen LogP) is 1.81. The minimum absolute atomic E-state index is 0.0539. The molecule has 1 N–H and O–H groups in total. The van der Waals surface area contributed by atoms with E-state index in [1.54, 1.807) is 4.90 Å². The number of rotatable bonds is 3. The SMILES string of the molecule is CCC1CN(C(=O)c2nc(C(=O)O)cs2)CCS1. The number of carbonyl (C=O) groups excluding carboxylic acids is 1. The molecule has 0 bridgehead atoms. The number of thioether (sulfide) groups is 1. The van der Waals surface area contributed by atoms with Crippen molar-refractivity contribution in [2.75, 3.05) is 18.8 Å². The molecular weight excluding hydrogens is 272 g/mol. The molecule has 1 aliphatic heterocycles. The highest BCUT2D eigenvalue weighted by Gasteiger charge is 2.26. The minimum Gasteiger partial charge on any atom is -0.476 e. The summed E-state index contributed by atoms with van der Waals surface area (Å²) in [6.45, 7) is 3.54. The molecule has 18 heavy (non-hydrogen) atoms. The largest absolute Gasteiger partial charge is 0.476 e. The number of thiazole rings is 1. The van der Waals surface area contributed by atoms with Crippen LogP contribution in [0.1, 0.15) is 33.6 Å². The molecule has 5 nitrogen and oxygen atoms in total. The highest BCUT2D eigenvalue weighted by molar-refractivity contribution is 8.00. The van der Waals surface area contributed by atoms with Gasteiger partial charge in [0.05, 0.1) is 0 Å². The van der Waals surface area contributed by atoms with Crippen molar-refractivity contribution in [3.63, 3.8) is 0 Å². The van der Waals surface area contributed by atoms with E-state index in [0.29, 0.717) is 11.8 Å². The molecule has 0 spiro atoms. The summed E-state index contributed by atoms with van der Waals surface area (Å²) in [5, 5.41) is 10.9. The second-order valence-corrected chi connectivity index (χ2v) is 6.26. The zero-order valence-corrected chi connectivity index (χ0v) is 11.6. The van der Waals surface area contributed by atoms with Crippen molar-refractivity contribution in [2.45, 2.75) is 18.6 Å². The number of carboxylic acids is 1. The Labute approximate surface area is 113 Å². The molecule has 1 aromatic rings. The average molecular weight is 286 g/mol. The third-order valence-electron chi connectivity index (χ3n) is 2.79. The Morgan fingerprint density at radius 3 is 3.00 bits per heavy atom. The first-order chi connectivity index (χ1) is 8.61. The van der Waals surface area contributed by atoms with Gasteiger partial charge < -0.3 is 10.0 Å². The lowest BCUT2D eigenvalue weighted by atomic mass is 10.3. The van der Waals surface area contributed by atoms with Gasteiger partial charge in [-0.3, -0.25) is 4.79 Å². The molecule has 0 saturated carbocycles. The molecule has 1 unspecified atom stereocenters. The molecule has 0 aliphatic carbocycles. The molecule has 1 aromatic heterocycles. The fraction of sp³-hybridized carbons (Fsp3) is 0.545. The zero-order chi connectivity index (χ0) is 13.1. The van der Waals surface area contributed by atoms with Crippen molar-refractivity contribution in [1.82, 2.24) is 9.88 Å². The number of carboxylic acid groups (broad SMARTS) is 1. The van der Waals surface area contributed by atoms with Gasteiger partial charge in [-0.2, -0.15) is 11.8 Å². The Bertz CT molecular complexity index is 461. The summed E-state index contributed by atoms with van der Waals surface area (Å²) in [5.41, 5.74) is -0.0539. The third-order valence-corrected chi connectivity index (χ3v) is 4.99. The van der Waals surface area contributed by atoms with Crippen LogP contribution in [-0.2, 0) is 0 Å². The van der Waals surface area contributed by atoms with Gasteiger partial charge in [0.25, 0.3) is 5.91 Å². The molecule has 7 heteroatoms. The smallest absolute Gasteiger partial charge is 0.355 e. The van der Waals surface area contributed by atoms with E-state index in [1.165, 1.54) is 5.38 Å². The number of aromatic carboxylic acids is 1. The molecule has 0 radical (unpaired) electrons. The summed E-state index contributed by atoms with van der Waals surface area (Å²) < 4.78 is 0. The Hall–Kier alpha value is -1.08. The first-order valence-corrected chi connectivity index (χ1v) is 7.64. The number of amides is 1. The van der Waals surface area contributed by atoms with Crippen LogP contribution < -0.4 is 0 Å². The van der Waals surface area contributed by atoms with Gasteiger partial charge in [-0.15, -0.1) is 11.3 Å². The summed E-state index contributed by atoms with van der Waals surface area (Å²) in [6, 6.07) is 0. The van der Waals surface area contributed by atoms with Gasteiger partial charge in [0, 0.05) is 29.5 Å². The topological polar surface area (TPSA) is 70.5 Å². The van der Waals surface area contributed by atoms with Crippen molar-refractivity contribution >= 4 is 35.0 Å². The molecular formula is C11H14N2O3S2. The third kappa shape index (κ3) is 2.84. The first kappa shape index (κ1) is 13.4. The Balaban J connectivity index is 2.07. The van der Waals surface area contributed by atoms with Gasteiger partial charge in [0.2, 0.25) is 0 Å². The molecule has 2 rings (SSSR count). The normalized spacial score (nSPS) is 19.8. The van der Waals surface area contributed by atoms with Crippen molar-refractivity contribution in [3.8, 4) is 0 Å². The fourth-order valence-electron chi connectivity index (χ4n) is 1.76. The van der Waals surface area contributed by atoms with Gasteiger partial charge in [-0.25, -0.2) is 9.78 Å². The molecule has 1 amide bonds. The van der Waals surface area contributed by atoms with Crippen LogP contribution in [0.3, 0.4) is 0 Å². The van der Waals surface area contributed by atoms with E-state index in [4.69, 9.17) is 5.11 Å². The lowest BCUT2D eigenvalue weighted by Crippen LogP contribution is -2.41. The van der Waals surface area contributed by atoms with Crippen LogP contribution >= 0.6 is 23.1 Å². The zero-order valence-electron chi connectivity index (χ0n) is 9.96. The number of aromatic nitrogens is 1. The second kappa shape index (κ2) is 5.71. The van der Waals surface area contributed by atoms with Crippen LogP contribution in [0, 0.1) is 0 Å². The number of carbonyl (C=O) groups is 2. The fourth-order valence-corrected chi connectivity index (χ4v) is 3.69. The van der Waals surface area contributed by atoms with E-state index in [0.717, 1.165) is 30.1 Å². The molecule has 1 saturated heterocycles. The van der Waals surface area contributed by atoms with Crippen LogP contribution in [-0.4, -0.2) is 51.0 Å². The summed E-state index contributed by atoms with van der Waals surface area (Å²) in [5.74, 6) is -0.307. The molecule has 1 atom stereocenters. The van der Waals surface area contributed by atoms with Crippen molar-refractivity contribution < 1.29 is 14.7 Å². The monoisotopic (exact) mass is 286 g/mol.